The molecular weight excluding hydrogens is 356 g/mol. The van der Waals surface area contributed by atoms with Crippen molar-refractivity contribution >= 4 is 23.6 Å². The van der Waals surface area contributed by atoms with Crippen LogP contribution >= 0.6 is 11.8 Å². The van der Waals surface area contributed by atoms with Crippen molar-refractivity contribution in [2.75, 3.05) is 18.2 Å². The zero-order valence-corrected chi connectivity index (χ0v) is 15.9. The van der Waals surface area contributed by atoms with Gasteiger partial charge in [-0.05, 0) is 59.6 Å². The molecule has 1 saturated carbocycles. The van der Waals surface area contributed by atoms with E-state index in [1.807, 2.05) is 12.1 Å². The molecular formula is C22H22N2O2S. The minimum absolute atomic E-state index is 0.00573. The number of carbonyl (C=O) groups excluding carboxylic acids is 2. The number of nitrogens with one attached hydrogen (secondary N) is 1. The molecule has 1 heterocycles. The quantitative estimate of drug-likeness (QED) is 0.758. The molecule has 2 amide bonds. The first kappa shape index (κ1) is 16.9. The summed E-state index contributed by atoms with van der Waals surface area (Å²) in [6, 6.07) is 14.0. The van der Waals surface area contributed by atoms with Gasteiger partial charge in [-0.25, -0.2) is 0 Å². The Kier molecular flexibility index (Phi) is 4.20. The molecule has 1 atom stereocenters. The standard InChI is InChI=1S/C22H22N2O2S/c25-21(23-11-14-5-6-14)20-12-27-13-24(20)22(26)16-7-8-19-17(10-16)9-15-3-1-2-4-18(15)19/h1-4,7-8,10,14,20H,5-6,9,11-13H2,(H,23,25). The Hall–Kier alpha value is -2.27. The maximum Gasteiger partial charge on any atom is 0.255 e. The van der Waals surface area contributed by atoms with Gasteiger partial charge < -0.3 is 10.2 Å². The van der Waals surface area contributed by atoms with Crippen LogP contribution in [0.4, 0.5) is 0 Å². The van der Waals surface area contributed by atoms with Gasteiger partial charge in [0, 0.05) is 17.9 Å². The first-order chi connectivity index (χ1) is 13.2. The molecule has 2 aromatic rings. The zero-order chi connectivity index (χ0) is 18.4. The fourth-order valence-electron chi connectivity index (χ4n) is 3.99. The molecule has 1 aliphatic heterocycles. The van der Waals surface area contributed by atoms with E-state index in [1.165, 1.54) is 35.1 Å². The topological polar surface area (TPSA) is 49.4 Å². The first-order valence-corrected chi connectivity index (χ1v) is 10.7. The molecule has 0 spiro atoms. The third-order valence-electron chi connectivity index (χ3n) is 5.75. The van der Waals surface area contributed by atoms with Gasteiger partial charge >= 0.3 is 0 Å². The summed E-state index contributed by atoms with van der Waals surface area (Å²) in [7, 11) is 0. The van der Waals surface area contributed by atoms with E-state index in [0.717, 1.165) is 13.0 Å². The van der Waals surface area contributed by atoms with Crippen LogP contribution < -0.4 is 5.32 Å². The summed E-state index contributed by atoms with van der Waals surface area (Å²) in [6.45, 7) is 0.749. The van der Waals surface area contributed by atoms with E-state index in [2.05, 4.69) is 35.6 Å². The summed E-state index contributed by atoms with van der Waals surface area (Å²) in [5.41, 5.74) is 5.68. The third kappa shape index (κ3) is 3.14. The highest BCUT2D eigenvalue weighted by atomic mass is 32.2. The average Bonchev–Trinajstić information content (AvgIpc) is 3.26. The molecule has 5 rings (SSSR count). The van der Waals surface area contributed by atoms with Crippen molar-refractivity contribution < 1.29 is 9.59 Å². The number of fused-ring (bicyclic) bond motifs is 3. The summed E-state index contributed by atoms with van der Waals surface area (Å²) < 4.78 is 0. The molecule has 0 aromatic heterocycles. The minimum atomic E-state index is -0.355. The van der Waals surface area contributed by atoms with Crippen molar-refractivity contribution in [3.05, 3.63) is 59.2 Å². The lowest BCUT2D eigenvalue weighted by Crippen LogP contribution is -2.47. The molecule has 3 aliphatic rings. The molecule has 1 N–H and O–H groups in total. The monoisotopic (exact) mass is 378 g/mol. The lowest BCUT2D eigenvalue weighted by atomic mass is 10.0. The van der Waals surface area contributed by atoms with Crippen molar-refractivity contribution in [1.82, 2.24) is 10.2 Å². The Morgan fingerprint density at radius 1 is 1.07 bits per heavy atom. The van der Waals surface area contributed by atoms with E-state index in [0.29, 0.717) is 23.1 Å². The third-order valence-corrected chi connectivity index (χ3v) is 6.76. The van der Waals surface area contributed by atoms with E-state index in [-0.39, 0.29) is 17.9 Å². The summed E-state index contributed by atoms with van der Waals surface area (Å²) in [5.74, 6) is 1.86. The molecule has 4 nitrogen and oxygen atoms in total. The van der Waals surface area contributed by atoms with E-state index in [1.54, 1.807) is 16.7 Å². The SMILES string of the molecule is O=C(NCC1CC1)C1CSCN1C(=O)c1ccc2c(c1)Cc1ccccc1-2. The van der Waals surface area contributed by atoms with Gasteiger partial charge in [0.15, 0.2) is 0 Å². The highest BCUT2D eigenvalue weighted by Gasteiger charge is 2.36. The van der Waals surface area contributed by atoms with Gasteiger partial charge in [-0.3, -0.25) is 9.59 Å². The van der Waals surface area contributed by atoms with Crippen LogP contribution in [0.25, 0.3) is 11.1 Å². The molecule has 1 saturated heterocycles. The van der Waals surface area contributed by atoms with Crippen molar-refractivity contribution in [3.63, 3.8) is 0 Å². The lowest BCUT2D eigenvalue weighted by molar-refractivity contribution is -0.124. The number of benzene rings is 2. The largest absolute Gasteiger partial charge is 0.354 e. The molecule has 0 radical (unpaired) electrons. The number of amides is 2. The molecule has 27 heavy (non-hydrogen) atoms. The fraction of sp³-hybridized carbons (Fsp3) is 0.364. The van der Waals surface area contributed by atoms with Gasteiger partial charge in [0.05, 0.1) is 5.88 Å². The van der Waals surface area contributed by atoms with Crippen LogP contribution in [0.1, 0.15) is 34.3 Å². The van der Waals surface area contributed by atoms with Crippen LogP contribution in [-0.4, -0.2) is 40.9 Å². The van der Waals surface area contributed by atoms with Gasteiger partial charge in [-0.1, -0.05) is 30.3 Å². The molecule has 0 bridgehead atoms. The Bertz CT molecular complexity index is 922. The van der Waals surface area contributed by atoms with Crippen molar-refractivity contribution in [2.45, 2.75) is 25.3 Å². The average molecular weight is 378 g/mol. The van der Waals surface area contributed by atoms with Crippen molar-refractivity contribution in [2.24, 2.45) is 5.92 Å². The van der Waals surface area contributed by atoms with Crippen molar-refractivity contribution in [3.8, 4) is 11.1 Å². The van der Waals surface area contributed by atoms with Crippen LogP contribution in [0.5, 0.6) is 0 Å². The number of hydrogen-bond acceptors (Lipinski definition) is 3. The second-order valence-corrected chi connectivity index (χ2v) is 8.68. The summed E-state index contributed by atoms with van der Waals surface area (Å²) in [5, 5.41) is 3.03. The molecule has 2 aromatic carbocycles. The first-order valence-electron chi connectivity index (χ1n) is 9.58. The molecule has 5 heteroatoms. The summed E-state index contributed by atoms with van der Waals surface area (Å²) in [6.07, 6.45) is 3.28. The van der Waals surface area contributed by atoms with E-state index < -0.39 is 0 Å². The highest BCUT2D eigenvalue weighted by Crippen LogP contribution is 2.37. The van der Waals surface area contributed by atoms with Gasteiger partial charge in [0.25, 0.3) is 5.91 Å². The Labute approximate surface area is 163 Å². The smallest absolute Gasteiger partial charge is 0.255 e. The van der Waals surface area contributed by atoms with Gasteiger partial charge in [0.2, 0.25) is 5.91 Å². The van der Waals surface area contributed by atoms with Crippen LogP contribution in [0.15, 0.2) is 42.5 Å². The predicted molar refractivity (Wildman–Crippen MR) is 108 cm³/mol. The normalized spacial score (nSPS) is 20.3. The second-order valence-electron chi connectivity index (χ2n) is 7.69. The summed E-state index contributed by atoms with van der Waals surface area (Å²) in [4.78, 5) is 27.4. The maximum absolute atomic E-state index is 13.1. The van der Waals surface area contributed by atoms with Crippen LogP contribution in [0.2, 0.25) is 0 Å². The molecule has 138 valence electrons. The van der Waals surface area contributed by atoms with Crippen molar-refractivity contribution in [1.29, 1.82) is 0 Å². The number of rotatable bonds is 4. The molecule has 1 unspecified atom stereocenters. The summed E-state index contributed by atoms with van der Waals surface area (Å²) >= 11 is 1.65. The van der Waals surface area contributed by atoms with E-state index in [9.17, 15) is 9.59 Å². The van der Waals surface area contributed by atoms with E-state index in [4.69, 9.17) is 0 Å². The number of carbonyl (C=O) groups is 2. The second kappa shape index (κ2) is 6.71. The van der Waals surface area contributed by atoms with Crippen LogP contribution in [-0.2, 0) is 11.2 Å². The Balaban J connectivity index is 1.34. The highest BCUT2D eigenvalue weighted by molar-refractivity contribution is 7.99. The predicted octanol–water partition coefficient (Wildman–Crippen LogP) is 3.30. The lowest BCUT2D eigenvalue weighted by Gasteiger charge is -2.23. The fourth-order valence-corrected chi connectivity index (χ4v) is 5.14. The van der Waals surface area contributed by atoms with Gasteiger partial charge in [-0.2, -0.15) is 0 Å². The number of hydrogen-bond donors (Lipinski definition) is 1. The van der Waals surface area contributed by atoms with Gasteiger partial charge in [-0.15, -0.1) is 11.8 Å². The minimum Gasteiger partial charge on any atom is -0.354 e. The number of thioether (sulfide) groups is 1. The van der Waals surface area contributed by atoms with Crippen LogP contribution in [0.3, 0.4) is 0 Å². The number of nitrogens with zero attached hydrogens (tertiary/aromatic N) is 1. The van der Waals surface area contributed by atoms with Crippen LogP contribution in [0, 0.1) is 5.92 Å². The van der Waals surface area contributed by atoms with Gasteiger partial charge in [0.1, 0.15) is 6.04 Å². The Morgan fingerprint density at radius 3 is 2.74 bits per heavy atom. The Morgan fingerprint density at radius 2 is 1.89 bits per heavy atom. The maximum atomic E-state index is 13.1. The van der Waals surface area contributed by atoms with E-state index >= 15 is 0 Å². The zero-order valence-electron chi connectivity index (χ0n) is 15.1. The molecule has 2 aliphatic carbocycles. The molecule has 2 fully saturated rings.